The number of para-hydroxylation sites is 1. The lowest BCUT2D eigenvalue weighted by molar-refractivity contribution is 0.668. The SMILES string of the molecule is [2H]c1c([2H])c([2H])c2c(oc3c([2H])c([2H])c([2H])c(-c4c([2H])c(-c5nc(-c6ccccc6)nc(-c6ccccc6)n5)c5c(oc6c([2H])c([2H])c7c([2H])c([2H])c([2H])c([2H])c7c65)c4[2H])c32)c1[2H]. The zero-order valence-electron chi connectivity index (χ0n) is 39.4. The second-order valence-corrected chi connectivity index (χ2v) is 10.8. The van der Waals surface area contributed by atoms with E-state index >= 15 is 0 Å². The van der Waals surface area contributed by atoms with Crippen molar-refractivity contribution in [2.45, 2.75) is 0 Å². The number of fused-ring (bicyclic) bond motifs is 8. The summed E-state index contributed by atoms with van der Waals surface area (Å²) in [5, 5.41) is -1.39. The van der Waals surface area contributed by atoms with Gasteiger partial charge in [-0.2, -0.15) is 0 Å². The fourth-order valence-corrected chi connectivity index (χ4v) is 5.89. The molecule has 0 N–H and O–H groups in total. The van der Waals surface area contributed by atoms with Crippen LogP contribution in [0.3, 0.4) is 0 Å². The van der Waals surface area contributed by atoms with E-state index in [-0.39, 0.29) is 60.9 Å². The van der Waals surface area contributed by atoms with Crippen LogP contribution in [0.4, 0.5) is 0 Å². The van der Waals surface area contributed by atoms with E-state index in [9.17, 15) is 4.11 Å². The molecule has 5 nitrogen and oxygen atoms in total. The Balaban J connectivity index is 1.49. The molecule has 0 radical (unpaired) electrons. The lowest BCUT2D eigenvalue weighted by Gasteiger charge is -2.12. The van der Waals surface area contributed by atoms with Gasteiger partial charge in [0.05, 0.1) is 20.6 Å². The third-order valence-corrected chi connectivity index (χ3v) is 8.01. The minimum atomic E-state index is -0.718. The topological polar surface area (TPSA) is 65.0 Å². The molecule has 0 unspecified atom stereocenters. The van der Waals surface area contributed by atoms with Crippen molar-refractivity contribution < 1.29 is 29.4 Å². The Bertz CT molecular complexity index is 3630. The van der Waals surface area contributed by atoms with Gasteiger partial charge < -0.3 is 8.83 Å². The molecule has 0 atom stereocenters. The molecule has 48 heavy (non-hydrogen) atoms. The molecule has 0 amide bonds. The van der Waals surface area contributed by atoms with Gasteiger partial charge in [-0.1, -0.05) is 121 Å². The summed E-state index contributed by atoms with van der Waals surface area (Å²) < 4.78 is 146. The molecule has 0 spiro atoms. The monoisotopic (exact) mass is 630 g/mol. The van der Waals surface area contributed by atoms with E-state index in [0.29, 0.717) is 11.1 Å². The van der Waals surface area contributed by atoms with E-state index in [0.717, 1.165) is 0 Å². The van der Waals surface area contributed by atoms with Crippen molar-refractivity contribution in [3.05, 3.63) is 151 Å². The molecule has 0 fully saturated rings. The molecular formula is C43H25N3O2. The summed E-state index contributed by atoms with van der Waals surface area (Å²) in [6, 6.07) is 8.09. The number of benzene rings is 7. The molecule has 10 aromatic rings. The minimum Gasteiger partial charge on any atom is -0.456 e. The van der Waals surface area contributed by atoms with Crippen molar-refractivity contribution >= 4 is 54.6 Å². The van der Waals surface area contributed by atoms with E-state index in [1.807, 2.05) is 0 Å². The van der Waals surface area contributed by atoms with Gasteiger partial charge in [-0.25, -0.2) is 15.0 Å². The van der Waals surface area contributed by atoms with Crippen LogP contribution < -0.4 is 0 Å². The number of hydrogen-bond acceptors (Lipinski definition) is 5. The zero-order chi connectivity index (χ0) is 44.7. The van der Waals surface area contributed by atoms with Gasteiger partial charge in [0.15, 0.2) is 17.5 Å². The summed E-state index contributed by atoms with van der Waals surface area (Å²) in [6.07, 6.45) is 0. The molecule has 0 aliphatic carbocycles. The minimum absolute atomic E-state index is 0.130. The molecule has 0 saturated carbocycles. The first kappa shape index (κ1) is 15.8. The van der Waals surface area contributed by atoms with Crippen molar-refractivity contribution in [2.24, 2.45) is 0 Å². The third-order valence-electron chi connectivity index (χ3n) is 8.01. The lowest BCUT2D eigenvalue weighted by atomic mass is 9.94. The highest BCUT2D eigenvalue weighted by Crippen LogP contribution is 2.44. The van der Waals surface area contributed by atoms with Crippen molar-refractivity contribution in [2.75, 3.05) is 0 Å². The van der Waals surface area contributed by atoms with Crippen LogP contribution in [-0.2, 0) is 0 Å². The van der Waals surface area contributed by atoms with Crippen LogP contribution in [0.25, 0.3) is 99.9 Å². The van der Waals surface area contributed by atoms with Gasteiger partial charge in [-0.05, 0) is 52.1 Å². The van der Waals surface area contributed by atoms with Gasteiger partial charge in [0.1, 0.15) is 22.3 Å². The lowest BCUT2D eigenvalue weighted by Crippen LogP contribution is -2.00. The number of rotatable bonds is 4. The van der Waals surface area contributed by atoms with E-state index in [4.69, 9.17) is 40.2 Å². The summed E-state index contributed by atoms with van der Waals surface area (Å²) in [7, 11) is 0. The van der Waals surface area contributed by atoms with Crippen LogP contribution in [-0.4, -0.2) is 15.0 Å². The van der Waals surface area contributed by atoms with Crippen molar-refractivity contribution in [1.82, 2.24) is 15.0 Å². The molecule has 0 bridgehead atoms. The summed E-state index contributed by atoms with van der Waals surface area (Å²) in [4.78, 5) is 14.4. The second kappa shape index (κ2) is 10.5. The maximum atomic E-state index is 10.1. The van der Waals surface area contributed by atoms with Crippen LogP contribution in [0.2, 0.25) is 0 Å². The van der Waals surface area contributed by atoms with Crippen LogP contribution in [0, 0.1) is 0 Å². The Morgan fingerprint density at radius 2 is 1.04 bits per heavy atom. The van der Waals surface area contributed by atoms with Crippen LogP contribution in [0.1, 0.15) is 20.6 Å². The van der Waals surface area contributed by atoms with Gasteiger partial charge in [0.2, 0.25) is 0 Å². The van der Waals surface area contributed by atoms with E-state index in [1.54, 1.807) is 60.7 Å². The van der Waals surface area contributed by atoms with Gasteiger partial charge in [-0.15, -0.1) is 0 Å². The van der Waals surface area contributed by atoms with Crippen LogP contribution in [0.15, 0.2) is 160 Å². The van der Waals surface area contributed by atoms with Gasteiger partial charge >= 0.3 is 0 Å². The fourth-order valence-electron chi connectivity index (χ4n) is 5.89. The summed E-state index contributed by atoms with van der Waals surface area (Å²) in [6.45, 7) is 0. The zero-order valence-corrected chi connectivity index (χ0v) is 24.4. The number of hydrogen-bond donors (Lipinski definition) is 0. The molecular weight excluding hydrogens is 590 g/mol. The smallest absolute Gasteiger partial charge is 0.164 e. The van der Waals surface area contributed by atoms with Crippen molar-refractivity contribution in [3.8, 4) is 45.3 Å². The molecule has 0 aliphatic heterocycles. The normalized spacial score (nSPS) is 16.1. The Hall–Kier alpha value is -6.59. The average molecular weight is 631 g/mol. The van der Waals surface area contributed by atoms with E-state index < -0.39 is 119 Å². The molecule has 10 rings (SSSR count). The van der Waals surface area contributed by atoms with Crippen molar-refractivity contribution in [1.29, 1.82) is 0 Å². The molecule has 5 heteroatoms. The molecule has 7 aromatic carbocycles. The van der Waals surface area contributed by atoms with Crippen LogP contribution >= 0.6 is 0 Å². The highest BCUT2D eigenvalue weighted by atomic mass is 16.3. The quantitative estimate of drug-likeness (QED) is 0.194. The number of nitrogens with zero attached hydrogens (tertiary/aromatic N) is 3. The third kappa shape index (κ3) is 4.15. The average Bonchev–Trinajstić information content (AvgIpc) is 3.89. The van der Waals surface area contributed by atoms with E-state index in [2.05, 4.69) is 0 Å². The predicted molar refractivity (Wildman–Crippen MR) is 194 cm³/mol. The summed E-state index contributed by atoms with van der Waals surface area (Å²) in [5.41, 5.74) is -1.59. The fraction of sp³-hybridized carbons (Fsp3) is 0. The maximum absolute atomic E-state index is 10.1. The molecule has 3 heterocycles. The maximum Gasteiger partial charge on any atom is 0.164 e. The highest BCUT2D eigenvalue weighted by molar-refractivity contribution is 6.23. The standard InChI is InChI=1S/C43H25N3O2/c1-3-13-27(14-4-1)41-44-42(28-15-5-2-6-16-28)46-43(45-41)33-24-29(31-19-11-21-35-38(31)32-18-9-10-20-34(32)47-35)25-37-40(33)39-30-17-8-7-12-26(30)22-23-36(39)48-37/h1-25H/i7D,8D,9D,10D,11D,12D,17D,18D,19D,20D,21D,22D,23D,24D,25D. The molecule has 224 valence electrons. The Kier molecular flexibility index (Phi) is 3.45. The molecule has 0 aliphatic rings. The summed E-state index contributed by atoms with van der Waals surface area (Å²) >= 11 is 0. The predicted octanol–water partition coefficient (Wildman–Crippen LogP) is 11.5. The molecule has 3 aromatic heterocycles. The Morgan fingerprint density at radius 3 is 1.81 bits per heavy atom. The molecule has 0 saturated heterocycles. The first-order valence-electron chi connectivity index (χ1n) is 22.2. The van der Waals surface area contributed by atoms with Crippen LogP contribution in [0.5, 0.6) is 0 Å². The second-order valence-electron chi connectivity index (χ2n) is 10.8. The Labute approximate surface area is 295 Å². The summed E-state index contributed by atoms with van der Waals surface area (Å²) in [5.74, 6) is 0.0392. The largest absolute Gasteiger partial charge is 0.456 e. The van der Waals surface area contributed by atoms with Gasteiger partial charge in [-0.3, -0.25) is 0 Å². The van der Waals surface area contributed by atoms with Gasteiger partial charge in [0.25, 0.3) is 0 Å². The van der Waals surface area contributed by atoms with Gasteiger partial charge in [0, 0.05) is 38.2 Å². The van der Waals surface area contributed by atoms with E-state index in [1.165, 1.54) is 0 Å². The highest BCUT2D eigenvalue weighted by Gasteiger charge is 2.22. The Morgan fingerprint density at radius 1 is 0.417 bits per heavy atom. The van der Waals surface area contributed by atoms with Crippen molar-refractivity contribution in [3.63, 3.8) is 0 Å². The first-order valence-corrected chi connectivity index (χ1v) is 14.7. The number of aromatic nitrogens is 3. The number of furan rings is 2. The first-order chi connectivity index (χ1) is 30.0.